The molecule has 6 aliphatic rings. The molecular formula is C47H50F2N6O5. The fourth-order valence-electron chi connectivity index (χ4n) is 8.77. The second kappa shape index (κ2) is 17.8. The number of benzene rings is 4. The molecule has 312 valence electrons. The van der Waals surface area contributed by atoms with E-state index in [1.807, 2.05) is 24.3 Å². The number of likely N-dealkylation sites (tertiary alicyclic amines) is 1. The predicted octanol–water partition coefficient (Wildman–Crippen LogP) is 7.77. The summed E-state index contributed by atoms with van der Waals surface area (Å²) in [6, 6.07) is 20.8. The van der Waals surface area contributed by atoms with E-state index in [9.17, 15) is 18.4 Å². The summed E-state index contributed by atoms with van der Waals surface area (Å²) in [6.07, 6.45) is 6.19. The number of morpholine rings is 1. The molecule has 0 aromatic heterocycles. The van der Waals surface area contributed by atoms with Crippen LogP contribution in [0.4, 0.5) is 31.5 Å². The fraction of sp³-hybridized carbons (Fsp3) is 0.362. The van der Waals surface area contributed by atoms with Gasteiger partial charge in [-0.15, -0.1) is 0 Å². The molecule has 6 aliphatic heterocycles. The Bertz CT molecular complexity index is 2190. The topological polar surface area (TPSA) is 116 Å². The van der Waals surface area contributed by atoms with E-state index in [-0.39, 0.29) is 23.4 Å². The van der Waals surface area contributed by atoms with Crippen LogP contribution in [0.15, 0.2) is 72.8 Å². The Balaban J connectivity index is 0.000000154. The zero-order valence-corrected chi connectivity index (χ0v) is 33.6. The molecule has 60 heavy (non-hydrogen) atoms. The number of hydrogen-bond acceptors (Lipinski definition) is 9. The van der Waals surface area contributed by atoms with Gasteiger partial charge in [-0.2, -0.15) is 0 Å². The summed E-state index contributed by atoms with van der Waals surface area (Å²) < 4.78 is 44.7. The average molecular weight is 817 g/mol. The van der Waals surface area contributed by atoms with Gasteiger partial charge in [0.2, 0.25) is 0 Å². The minimum Gasteiger partial charge on any atom is -0.487 e. The molecule has 0 spiro atoms. The van der Waals surface area contributed by atoms with Gasteiger partial charge in [-0.05, 0) is 125 Å². The van der Waals surface area contributed by atoms with Crippen LogP contribution in [0.2, 0.25) is 0 Å². The number of nitrogens with one attached hydrogen (secondary N) is 4. The van der Waals surface area contributed by atoms with Gasteiger partial charge < -0.3 is 40.4 Å². The molecular weight excluding hydrogens is 767 g/mol. The quantitative estimate of drug-likeness (QED) is 0.0942. The summed E-state index contributed by atoms with van der Waals surface area (Å²) in [6.45, 7) is 11.0. The number of rotatable bonds is 10. The molecule has 6 heterocycles. The predicted molar refractivity (Wildman–Crippen MR) is 230 cm³/mol. The molecule has 0 saturated carbocycles. The third-order valence-electron chi connectivity index (χ3n) is 11.9. The lowest BCUT2D eigenvalue weighted by Crippen LogP contribution is -2.37. The van der Waals surface area contributed by atoms with Gasteiger partial charge in [-0.25, -0.2) is 8.78 Å². The molecule has 0 atom stereocenters. The molecule has 2 fully saturated rings. The second-order valence-corrected chi connectivity index (χ2v) is 15.9. The van der Waals surface area contributed by atoms with E-state index in [2.05, 4.69) is 43.2 Å². The maximum atomic E-state index is 13.8. The average Bonchev–Trinajstić information content (AvgIpc) is 4.03. The summed E-state index contributed by atoms with van der Waals surface area (Å²) in [7, 11) is 0. The Kier molecular flexibility index (Phi) is 11.8. The molecule has 2 saturated heterocycles. The first-order valence-corrected chi connectivity index (χ1v) is 21.1. The molecule has 4 aromatic rings. The summed E-state index contributed by atoms with van der Waals surface area (Å²) in [4.78, 5) is 30.0. The molecule has 0 aliphatic carbocycles. The van der Waals surface area contributed by atoms with Crippen molar-refractivity contribution in [2.45, 2.75) is 45.3 Å². The zero-order valence-electron chi connectivity index (χ0n) is 33.6. The summed E-state index contributed by atoms with van der Waals surface area (Å²) in [5.74, 6) is -0.208. The van der Waals surface area contributed by atoms with Crippen molar-refractivity contribution in [2.75, 3.05) is 86.8 Å². The normalized spacial score (nSPS) is 20.5. The molecule has 11 nitrogen and oxygen atoms in total. The van der Waals surface area contributed by atoms with Crippen LogP contribution in [0.25, 0.3) is 22.7 Å². The van der Waals surface area contributed by atoms with E-state index >= 15 is 0 Å². The molecule has 0 bridgehead atoms. The Morgan fingerprint density at radius 1 is 0.567 bits per heavy atom. The summed E-state index contributed by atoms with van der Waals surface area (Å²) in [5, 5.41) is 12.6. The van der Waals surface area contributed by atoms with Gasteiger partial charge >= 0.3 is 0 Å². The van der Waals surface area contributed by atoms with Gasteiger partial charge in [0, 0.05) is 82.3 Å². The van der Waals surface area contributed by atoms with E-state index in [1.165, 1.54) is 56.6 Å². The minimum absolute atomic E-state index is 0.252. The molecule has 4 aromatic carbocycles. The highest BCUT2D eigenvalue weighted by Gasteiger charge is 2.34. The van der Waals surface area contributed by atoms with Crippen molar-refractivity contribution in [3.8, 4) is 0 Å². The van der Waals surface area contributed by atoms with Crippen molar-refractivity contribution in [3.63, 3.8) is 0 Å². The van der Waals surface area contributed by atoms with Crippen molar-refractivity contribution in [1.29, 1.82) is 0 Å². The summed E-state index contributed by atoms with van der Waals surface area (Å²) in [5.41, 5.74) is 9.08. The van der Waals surface area contributed by atoms with Crippen LogP contribution >= 0.6 is 0 Å². The third-order valence-corrected chi connectivity index (χ3v) is 11.9. The van der Waals surface area contributed by atoms with Gasteiger partial charge in [-0.3, -0.25) is 14.5 Å². The van der Waals surface area contributed by atoms with E-state index < -0.39 is 0 Å². The number of anilines is 4. The van der Waals surface area contributed by atoms with Crippen molar-refractivity contribution in [1.82, 2.24) is 9.80 Å². The van der Waals surface area contributed by atoms with Crippen LogP contribution in [0.5, 0.6) is 0 Å². The number of halogens is 2. The van der Waals surface area contributed by atoms with Crippen LogP contribution in [0, 0.1) is 11.6 Å². The third kappa shape index (κ3) is 8.61. The lowest BCUT2D eigenvalue weighted by Gasteiger charge is -2.26. The number of piperidine rings is 1. The van der Waals surface area contributed by atoms with Crippen LogP contribution in [-0.2, 0) is 37.0 Å². The zero-order chi connectivity index (χ0) is 41.0. The highest BCUT2D eigenvalue weighted by Crippen LogP contribution is 2.44. The number of carbonyl (C=O) groups is 2. The Morgan fingerprint density at radius 2 is 1.05 bits per heavy atom. The number of ether oxygens (including phenoxy) is 3. The fourth-order valence-corrected chi connectivity index (χ4v) is 8.77. The molecule has 10 rings (SSSR count). The van der Waals surface area contributed by atoms with Crippen molar-refractivity contribution in [2.24, 2.45) is 0 Å². The number of amides is 2. The molecule has 4 N–H and O–H groups in total. The van der Waals surface area contributed by atoms with E-state index in [1.54, 1.807) is 12.1 Å². The smallest absolute Gasteiger partial charge is 0.260 e. The Labute approximate surface area is 348 Å². The lowest BCUT2D eigenvalue weighted by atomic mass is 10.00. The maximum absolute atomic E-state index is 13.8. The Morgan fingerprint density at radius 3 is 1.55 bits per heavy atom. The minimum atomic E-state index is -0.377. The SMILES string of the molecule is O=C1Nc2ccc(F)cc2C1=C1OCc2cc(NCCCN3CCCCC3)ccc21.O=C1Nc2ccc(F)cc2C1=C1OCc2cc(NCCCN3CCOCC3)ccc21. The number of carbonyl (C=O) groups excluding carboxylic acids is 2. The van der Waals surface area contributed by atoms with Crippen LogP contribution < -0.4 is 21.3 Å². The van der Waals surface area contributed by atoms with Crippen molar-refractivity contribution in [3.05, 3.63) is 118 Å². The van der Waals surface area contributed by atoms with E-state index in [4.69, 9.17) is 14.2 Å². The second-order valence-electron chi connectivity index (χ2n) is 15.9. The lowest BCUT2D eigenvalue weighted by molar-refractivity contribution is -0.111. The number of fused-ring (bicyclic) bond motifs is 4. The maximum Gasteiger partial charge on any atom is 0.260 e. The number of nitrogens with zero attached hydrogens (tertiary/aromatic N) is 2. The van der Waals surface area contributed by atoms with Crippen molar-refractivity contribution >= 4 is 57.2 Å². The van der Waals surface area contributed by atoms with Gasteiger partial charge in [0.05, 0.1) is 24.4 Å². The monoisotopic (exact) mass is 816 g/mol. The van der Waals surface area contributed by atoms with Gasteiger partial charge in [0.15, 0.2) is 0 Å². The first kappa shape index (κ1) is 39.7. The van der Waals surface area contributed by atoms with Gasteiger partial charge in [0.1, 0.15) is 36.4 Å². The van der Waals surface area contributed by atoms with E-state index in [0.29, 0.717) is 58.4 Å². The molecule has 0 unspecified atom stereocenters. The Hall–Kier alpha value is -5.76. The molecule has 2 amide bonds. The molecule has 0 radical (unpaired) electrons. The van der Waals surface area contributed by atoms with E-state index in [0.717, 1.165) is 99.0 Å². The highest BCUT2D eigenvalue weighted by molar-refractivity contribution is 6.37. The molecule has 13 heteroatoms. The largest absolute Gasteiger partial charge is 0.487 e. The van der Waals surface area contributed by atoms with Crippen molar-refractivity contribution < 1.29 is 32.6 Å². The van der Waals surface area contributed by atoms with Crippen LogP contribution in [0.1, 0.15) is 65.5 Å². The first-order valence-electron chi connectivity index (χ1n) is 21.1. The van der Waals surface area contributed by atoms with Crippen LogP contribution in [-0.4, -0.2) is 87.2 Å². The highest BCUT2D eigenvalue weighted by atomic mass is 19.1. The summed E-state index contributed by atoms with van der Waals surface area (Å²) >= 11 is 0. The number of hydrogen-bond donors (Lipinski definition) is 4. The standard InChI is InChI=1S/C24H26FN3O2.C23H24FN3O3/c25-17-5-8-21-20(14-17)22(24(29)27-21)23-19-7-6-18(13-16(19)15-30-23)26-9-4-12-28-10-2-1-3-11-28;24-16-2-5-20-19(13-16)21(23(28)26-20)22-18-4-3-17(12-15(18)14-30-22)25-6-1-7-27-8-10-29-11-9-27/h5-8,13-14,26H,1-4,9-12,15H2,(H,27,29);2-5,12-13,25H,1,6-11,14H2,(H,26,28). The van der Waals surface area contributed by atoms with Gasteiger partial charge in [0.25, 0.3) is 11.8 Å². The first-order chi connectivity index (χ1) is 29.4. The van der Waals surface area contributed by atoms with Crippen LogP contribution in [0.3, 0.4) is 0 Å². The van der Waals surface area contributed by atoms with Gasteiger partial charge in [-0.1, -0.05) is 6.42 Å².